The first-order chi connectivity index (χ1) is 11.2. The summed E-state index contributed by atoms with van der Waals surface area (Å²) in [7, 11) is 0. The molecule has 2 aromatic carbocycles. The van der Waals surface area contributed by atoms with Crippen LogP contribution >= 0.6 is 12.4 Å². The number of para-hydroxylation sites is 2. The van der Waals surface area contributed by atoms with Crippen molar-refractivity contribution in [2.45, 2.75) is 26.7 Å². The van der Waals surface area contributed by atoms with Crippen LogP contribution in [0, 0.1) is 19.8 Å². The monoisotopic (exact) mass is 349 g/mol. The zero-order chi connectivity index (χ0) is 16.5. The molecule has 0 saturated carbocycles. The molecule has 132 valence electrons. The van der Waals surface area contributed by atoms with E-state index in [1.54, 1.807) is 0 Å². The van der Waals surface area contributed by atoms with Gasteiger partial charge in [0.05, 0.1) is 13.2 Å². The van der Waals surface area contributed by atoms with E-state index in [1.165, 1.54) is 11.1 Å². The minimum atomic E-state index is 0. The van der Waals surface area contributed by atoms with Crippen LogP contribution in [0.25, 0.3) is 0 Å². The Balaban J connectivity index is 0.00000288. The van der Waals surface area contributed by atoms with Gasteiger partial charge in [-0.15, -0.1) is 12.4 Å². The van der Waals surface area contributed by atoms with E-state index in [0.717, 1.165) is 24.3 Å². The molecule has 0 saturated heterocycles. The standard InChI is InChI=1S/C20H27NO2.ClH/c1-16-7-3-5-9-19(16)22-13-11-18(15-21)12-14-23-20-10-6-4-8-17(20)2;/h3-10,18H,11-15,21H2,1-2H3;1H. The van der Waals surface area contributed by atoms with Gasteiger partial charge >= 0.3 is 0 Å². The number of aryl methyl sites for hydroxylation is 2. The molecule has 2 N–H and O–H groups in total. The Hall–Kier alpha value is -1.71. The number of benzene rings is 2. The van der Waals surface area contributed by atoms with Gasteiger partial charge < -0.3 is 15.2 Å². The maximum absolute atomic E-state index is 5.88. The van der Waals surface area contributed by atoms with E-state index in [1.807, 2.05) is 36.4 Å². The summed E-state index contributed by atoms with van der Waals surface area (Å²) in [5.41, 5.74) is 8.21. The van der Waals surface area contributed by atoms with E-state index in [-0.39, 0.29) is 12.4 Å². The molecule has 24 heavy (non-hydrogen) atoms. The third-order valence-electron chi connectivity index (χ3n) is 4.09. The van der Waals surface area contributed by atoms with Crippen molar-refractivity contribution in [1.29, 1.82) is 0 Å². The van der Waals surface area contributed by atoms with Gasteiger partial charge in [-0.25, -0.2) is 0 Å². The summed E-state index contributed by atoms with van der Waals surface area (Å²) in [5, 5.41) is 0. The number of hydrogen-bond donors (Lipinski definition) is 1. The Labute approximate surface area is 151 Å². The zero-order valence-corrected chi connectivity index (χ0v) is 15.4. The molecule has 0 radical (unpaired) electrons. The molecule has 0 bridgehead atoms. The van der Waals surface area contributed by atoms with Gasteiger partial charge in [-0.1, -0.05) is 36.4 Å². The molecule has 0 amide bonds. The fourth-order valence-corrected chi connectivity index (χ4v) is 2.49. The average molecular weight is 350 g/mol. The first-order valence-corrected chi connectivity index (χ1v) is 8.27. The van der Waals surface area contributed by atoms with Crippen molar-refractivity contribution in [3.05, 3.63) is 59.7 Å². The summed E-state index contributed by atoms with van der Waals surface area (Å²) in [6, 6.07) is 16.2. The highest BCUT2D eigenvalue weighted by Gasteiger charge is 2.08. The third kappa shape index (κ3) is 6.42. The van der Waals surface area contributed by atoms with Gasteiger partial charge in [0.15, 0.2) is 0 Å². The normalized spacial score (nSPS) is 10.3. The van der Waals surface area contributed by atoms with Crippen LogP contribution in [0.3, 0.4) is 0 Å². The summed E-state index contributed by atoms with van der Waals surface area (Å²) >= 11 is 0. The van der Waals surface area contributed by atoms with E-state index >= 15 is 0 Å². The molecular formula is C20H28ClNO2. The SMILES string of the molecule is Cc1ccccc1OCCC(CN)CCOc1ccccc1C.Cl. The first-order valence-electron chi connectivity index (χ1n) is 8.27. The minimum Gasteiger partial charge on any atom is -0.493 e. The van der Waals surface area contributed by atoms with E-state index in [0.29, 0.717) is 25.7 Å². The topological polar surface area (TPSA) is 44.5 Å². The van der Waals surface area contributed by atoms with E-state index < -0.39 is 0 Å². The average Bonchev–Trinajstić information content (AvgIpc) is 2.56. The van der Waals surface area contributed by atoms with Gasteiger partial charge in [0.2, 0.25) is 0 Å². The van der Waals surface area contributed by atoms with E-state index in [4.69, 9.17) is 15.2 Å². The highest BCUT2D eigenvalue weighted by atomic mass is 35.5. The van der Waals surface area contributed by atoms with Gasteiger partial charge in [0.25, 0.3) is 0 Å². The highest BCUT2D eigenvalue weighted by Crippen LogP contribution is 2.19. The predicted octanol–water partition coefficient (Wildman–Crippen LogP) is 4.54. The van der Waals surface area contributed by atoms with Crippen LogP contribution in [0.4, 0.5) is 0 Å². The minimum absolute atomic E-state index is 0. The van der Waals surface area contributed by atoms with Gasteiger partial charge in [0, 0.05) is 0 Å². The summed E-state index contributed by atoms with van der Waals surface area (Å²) in [6.45, 7) is 6.17. The molecular weight excluding hydrogens is 322 g/mol. The Kier molecular flexibility index (Phi) is 9.28. The van der Waals surface area contributed by atoms with Crippen molar-refractivity contribution in [3.8, 4) is 11.5 Å². The Morgan fingerprint density at radius 1 is 0.792 bits per heavy atom. The molecule has 2 rings (SSSR count). The van der Waals surface area contributed by atoms with E-state index in [9.17, 15) is 0 Å². The fourth-order valence-electron chi connectivity index (χ4n) is 2.49. The number of halogens is 1. The molecule has 0 atom stereocenters. The van der Waals surface area contributed by atoms with Crippen molar-refractivity contribution in [1.82, 2.24) is 0 Å². The predicted molar refractivity (Wildman–Crippen MR) is 102 cm³/mol. The van der Waals surface area contributed by atoms with Crippen LogP contribution in [0.1, 0.15) is 24.0 Å². The number of nitrogens with two attached hydrogens (primary N) is 1. The second-order valence-electron chi connectivity index (χ2n) is 5.91. The molecule has 0 fully saturated rings. The Morgan fingerprint density at radius 2 is 1.21 bits per heavy atom. The maximum atomic E-state index is 5.88. The van der Waals surface area contributed by atoms with Crippen LogP contribution < -0.4 is 15.2 Å². The van der Waals surface area contributed by atoms with Crippen molar-refractivity contribution < 1.29 is 9.47 Å². The van der Waals surface area contributed by atoms with Crippen LogP contribution in [-0.4, -0.2) is 19.8 Å². The smallest absolute Gasteiger partial charge is 0.122 e. The maximum Gasteiger partial charge on any atom is 0.122 e. The number of ether oxygens (including phenoxy) is 2. The number of hydrogen-bond acceptors (Lipinski definition) is 3. The molecule has 0 aliphatic heterocycles. The quantitative estimate of drug-likeness (QED) is 0.722. The molecule has 2 aromatic rings. The molecule has 0 aliphatic carbocycles. The summed E-state index contributed by atoms with van der Waals surface area (Å²) in [6.07, 6.45) is 1.89. The van der Waals surface area contributed by atoms with Crippen LogP contribution in [0.5, 0.6) is 11.5 Å². The Morgan fingerprint density at radius 3 is 1.58 bits per heavy atom. The lowest BCUT2D eigenvalue weighted by Gasteiger charge is -2.17. The molecule has 0 aromatic heterocycles. The summed E-state index contributed by atoms with van der Waals surface area (Å²) in [5.74, 6) is 2.34. The first kappa shape index (κ1) is 20.3. The van der Waals surface area contributed by atoms with E-state index in [2.05, 4.69) is 26.0 Å². The van der Waals surface area contributed by atoms with Gasteiger partial charge in [-0.2, -0.15) is 0 Å². The van der Waals surface area contributed by atoms with Crippen molar-refractivity contribution in [2.24, 2.45) is 11.7 Å². The molecule has 0 spiro atoms. The molecule has 0 heterocycles. The Bertz CT molecular complexity index is 552. The summed E-state index contributed by atoms with van der Waals surface area (Å²) < 4.78 is 11.7. The second-order valence-corrected chi connectivity index (χ2v) is 5.91. The summed E-state index contributed by atoms with van der Waals surface area (Å²) in [4.78, 5) is 0. The lowest BCUT2D eigenvalue weighted by atomic mass is 10.0. The van der Waals surface area contributed by atoms with Crippen molar-refractivity contribution in [3.63, 3.8) is 0 Å². The largest absolute Gasteiger partial charge is 0.493 e. The van der Waals surface area contributed by atoms with Crippen LogP contribution in [-0.2, 0) is 0 Å². The van der Waals surface area contributed by atoms with Crippen molar-refractivity contribution >= 4 is 12.4 Å². The third-order valence-corrected chi connectivity index (χ3v) is 4.09. The molecule has 4 heteroatoms. The zero-order valence-electron chi connectivity index (χ0n) is 14.5. The fraction of sp³-hybridized carbons (Fsp3) is 0.400. The second kappa shape index (κ2) is 11.0. The van der Waals surface area contributed by atoms with Crippen LogP contribution in [0.2, 0.25) is 0 Å². The lowest BCUT2D eigenvalue weighted by Crippen LogP contribution is -2.20. The molecule has 0 unspecified atom stereocenters. The van der Waals surface area contributed by atoms with Crippen molar-refractivity contribution in [2.75, 3.05) is 19.8 Å². The number of rotatable bonds is 9. The highest BCUT2D eigenvalue weighted by molar-refractivity contribution is 5.85. The van der Waals surface area contributed by atoms with Gasteiger partial charge in [-0.3, -0.25) is 0 Å². The molecule has 3 nitrogen and oxygen atoms in total. The van der Waals surface area contributed by atoms with Gasteiger partial charge in [-0.05, 0) is 62.4 Å². The van der Waals surface area contributed by atoms with Crippen LogP contribution in [0.15, 0.2) is 48.5 Å². The lowest BCUT2D eigenvalue weighted by molar-refractivity contribution is 0.238. The van der Waals surface area contributed by atoms with Gasteiger partial charge in [0.1, 0.15) is 11.5 Å². The molecule has 0 aliphatic rings.